The number of ether oxygens (including phenoxy) is 1. The summed E-state index contributed by atoms with van der Waals surface area (Å²) >= 11 is 5.82. The Bertz CT molecular complexity index is 741. The fraction of sp³-hybridized carbons (Fsp3) is 0.350. The summed E-state index contributed by atoms with van der Waals surface area (Å²) in [4.78, 5) is 11.1. The molecular weight excluding hydrogens is 368 g/mol. The van der Waals surface area contributed by atoms with Crippen molar-refractivity contribution >= 4 is 52.0 Å². The van der Waals surface area contributed by atoms with E-state index < -0.39 is 0 Å². The second-order valence-corrected chi connectivity index (χ2v) is 10.2. The summed E-state index contributed by atoms with van der Waals surface area (Å²) in [5, 5.41) is 3.81. The molecular formula is C20H22O2S3. The van der Waals surface area contributed by atoms with Crippen LogP contribution in [0.5, 0.6) is 0 Å². The zero-order valence-electron chi connectivity index (χ0n) is 14.2. The van der Waals surface area contributed by atoms with E-state index in [4.69, 9.17) is 4.74 Å². The van der Waals surface area contributed by atoms with Crippen molar-refractivity contribution < 1.29 is 9.53 Å². The quantitative estimate of drug-likeness (QED) is 0.334. The number of carbonyl (C=O) groups excluding carboxylic acids is 1. The third kappa shape index (κ3) is 4.99. The maximum absolute atomic E-state index is 11.1. The molecule has 5 heteroatoms. The highest BCUT2D eigenvalue weighted by Crippen LogP contribution is 2.52. The summed E-state index contributed by atoms with van der Waals surface area (Å²) in [7, 11) is 0. The molecule has 132 valence electrons. The van der Waals surface area contributed by atoms with Crippen LogP contribution in [0.4, 0.5) is 0 Å². The topological polar surface area (TPSA) is 26.3 Å². The van der Waals surface area contributed by atoms with Crippen molar-refractivity contribution in [1.82, 2.24) is 0 Å². The molecule has 2 nitrogen and oxygen atoms in total. The van der Waals surface area contributed by atoms with Crippen molar-refractivity contribution in [1.29, 1.82) is 0 Å². The third-order valence-electron chi connectivity index (χ3n) is 4.14. The predicted molar refractivity (Wildman–Crippen MR) is 113 cm³/mol. The standard InChI is InChI=1S/C20H22O2S3/c1-3-19(21)22-13-24-14(2)11-16-12-23-20(25-16)18-10-6-8-15-7-4-5-9-17(15)18/h3-10,14,16,20H,1,11-13H2,2H3. The lowest BCUT2D eigenvalue weighted by atomic mass is 10.1. The molecule has 3 atom stereocenters. The monoisotopic (exact) mass is 390 g/mol. The van der Waals surface area contributed by atoms with Gasteiger partial charge in [-0.25, -0.2) is 4.79 Å². The second kappa shape index (κ2) is 9.06. The summed E-state index contributed by atoms with van der Waals surface area (Å²) in [6, 6.07) is 15.2. The first-order chi connectivity index (χ1) is 12.2. The van der Waals surface area contributed by atoms with Gasteiger partial charge >= 0.3 is 5.97 Å². The Morgan fingerprint density at radius 2 is 2.16 bits per heavy atom. The van der Waals surface area contributed by atoms with Gasteiger partial charge in [0.15, 0.2) is 0 Å². The summed E-state index contributed by atoms with van der Waals surface area (Å²) in [5.41, 5.74) is 1.44. The van der Waals surface area contributed by atoms with E-state index in [1.807, 2.05) is 11.8 Å². The molecule has 3 rings (SSSR count). The number of hydrogen-bond donors (Lipinski definition) is 0. The fourth-order valence-corrected chi connectivity index (χ4v) is 7.39. The molecule has 0 saturated carbocycles. The maximum Gasteiger partial charge on any atom is 0.330 e. The van der Waals surface area contributed by atoms with E-state index in [2.05, 4.69) is 67.7 Å². The van der Waals surface area contributed by atoms with Crippen LogP contribution in [0, 0.1) is 0 Å². The van der Waals surface area contributed by atoms with Gasteiger partial charge in [-0.3, -0.25) is 0 Å². The zero-order chi connectivity index (χ0) is 17.6. The molecule has 0 spiro atoms. The first kappa shape index (κ1) is 18.7. The Labute approximate surface area is 162 Å². The van der Waals surface area contributed by atoms with Gasteiger partial charge in [0, 0.05) is 22.3 Å². The molecule has 0 N–H and O–H groups in total. The first-order valence-corrected chi connectivity index (χ1v) is 11.4. The SMILES string of the molecule is C=CC(=O)OCSC(C)CC1CSC(c2cccc3ccccc23)S1. The number of thioether (sulfide) groups is 3. The molecule has 0 amide bonds. The average Bonchev–Trinajstić information content (AvgIpc) is 3.09. The van der Waals surface area contributed by atoms with E-state index in [9.17, 15) is 4.79 Å². The zero-order valence-corrected chi connectivity index (χ0v) is 16.7. The molecule has 3 unspecified atom stereocenters. The van der Waals surface area contributed by atoms with Gasteiger partial charge in [0.2, 0.25) is 0 Å². The molecule has 0 bridgehead atoms. The van der Waals surface area contributed by atoms with Gasteiger partial charge < -0.3 is 4.74 Å². The van der Waals surface area contributed by atoms with Gasteiger partial charge in [0.25, 0.3) is 0 Å². The van der Waals surface area contributed by atoms with Gasteiger partial charge in [-0.2, -0.15) is 0 Å². The lowest BCUT2D eigenvalue weighted by Gasteiger charge is -2.16. The normalized spacial score (nSPS) is 21.2. The molecule has 1 aliphatic rings. The fourth-order valence-electron chi connectivity index (χ4n) is 2.90. The number of benzene rings is 2. The van der Waals surface area contributed by atoms with Crippen LogP contribution in [0.1, 0.15) is 23.5 Å². The van der Waals surface area contributed by atoms with Crippen LogP contribution >= 0.6 is 35.3 Å². The lowest BCUT2D eigenvalue weighted by molar-refractivity contribution is -0.135. The van der Waals surface area contributed by atoms with E-state index in [1.165, 1.54) is 28.2 Å². The van der Waals surface area contributed by atoms with E-state index in [0.717, 1.165) is 6.42 Å². The van der Waals surface area contributed by atoms with Crippen LogP contribution in [-0.2, 0) is 9.53 Å². The van der Waals surface area contributed by atoms with Gasteiger partial charge in [-0.1, -0.05) is 56.0 Å². The summed E-state index contributed by atoms with van der Waals surface area (Å²) in [5.74, 6) is 1.24. The molecule has 0 radical (unpaired) electrons. The molecule has 0 aliphatic carbocycles. The molecule has 2 aromatic carbocycles. The Kier molecular flexibility index (Phi) is 6.79. The average molecular weight is 391 g/mol. The van der Waals surface area contributed by atoms with Gasteiger partial charge in [0.05, 0.1) is 4.58 Å². The van der Waals surface area contributed by atoms with E-state index in [1.54, 1.807) is 11.8 Å². The van der Waals surface area contributed by atoms with E-state index in [0.29, 0.717) is 21.0 Å². The largest absolute Gasteiger partial charge is 0.451 e. The first-order valence-electron chi connectivity index (χ1n) is 8.33. The highest BCUT2D eigenvalue weighted by Gasteiger charge is 2.29. The molecule has 1 aliphatic heterocycles. The number of fused-ring (bicyclic) bond motifs is 1. The van der Waals surface area contributed by atoms with Crippen LogP contribution in [-0.4, -0.2) is 28.2 Å². The van der Waals surface area contributed by atoms with Crippen molar-refractivity contribution in [2.45, 2.75) is 28.4 Å². The summed E-state index contributed by atoms with van der Waals surface area (Å²) in [6.45, 7) is 5.62. The number of carbonyl (C=O) groups is 1. The minimum atomic E-state index is -0.346. The third-order valence-corrected chi connectivity index (χ3v) is 8.51. The van der Waals surface area contributed by atoms with Crippen molar-refractivity contribution in [3.05, 3.63) is 60.7 Å². The van der Waals surface area contributed by atoms with Gasteiger partial charge in [-0.05, 0) is 22.8 Å². The number of esters is 1. The smallest absolute Gasteiger partial charge is 0.330 e. The number of rotatable bonds is 7. The van der Waals surface area contributed by atoms with Crippen LogP contribution in [0.25, 0.3) is 10.8 Å². The molecule has 1 saturated heterocycles. The van der Waals surface area contributed by atoms with Crippen molar-refractivity contribution in [2.75, 3.05) is 11.7 Å². The summed E-state index contributed by atoms with van der Waals surface area (Å²) in [6.07, 6.45) is 2.35. The van der Waals surface area contributed by atoms with Gasteiger partial charge in [0.1, 0.15) is 5.94 Å². The van der Waals surface area contributed by atoms with Crippen molar-refractivity contribution in [2.24, 2.45) is 0 Å². The molecule has 2 aromatic rings. The van der Waals surface area contributed by atoms with Crippen molar-refractivity contribution in [3.63, 3.8) is 0 Å². The van der Waals surface area contributed by atoms with Crippen molar-refractivity contribution in [3.8, 4) is 0 Å². The maximum atomic E-state index is 11.1. The van der Waals surface area contributed by atoms with E-state index >= 15 is 0 Å². The molecule has 0 aromatic heterocycles. The predicted octanol–water partition coefficient (Wildman–Crippen LogP) is 5.89. The molecule has 1 fully saturated rings. The minimum Gasteiger partial charge on any atom is -0.451 e. The minimum absolute atomic E-state index is 0.346. The Morgan fingerprint density at radius 1 is 1.36 bits per heavy atom. The molecule has 1 heterocycles. The highest BCUT2D eigenvalue weighted by molar-refractivity contribution is 8.19. The number of hydrogen-bond acceptors (Lipinski definition) is 5. The van der Waals surface area contributed by atoms with Crippen LogP contribution in [0.3, 0.4) is 0 Å². The Hall–Kier alpha value is -1.04. The van der Waals surface area contributed by atoms with Crippen LogP contribution < -0.4 is 0 Å². The van der Waals surface area contributed by atoms with E-state index in [-0.39, 0.29) is 5.97 Å². The van der Waals surface area contributed by atoms with Crippen LogP contribution in [0.2, 0.25) is 0 Å². The van der Waals surface area contributed by atoms with Crippen LogP contribution in [0.15, 0.2) is 55.1 Å². The van der Waals surface area contributed by atoms with Gasteiger partial charge in [-0.15, -0.1) is 35.3 Å². The Morgan fingerprint density at radius 3 is 3.00 bits per heavy atom. The lowest BCUT2D eigenvalue weighted by Crippen LogP contribution is -2.11. The summed E-state index contributed by atoms with van der Waals surface area (Å²) < 4.78 is 5.57. The Balaban J connectivity index is 1.54. The highest BCUT2D eigenvalue weighted by atomic mass is 32.2. The molecule has 25 heavy (non-hydrogen) atoms. The second-order valence-electron chi connectivity index (χ2n) is 5.99.